The lowest BCUT2D eigenvalue weighted by molar-refractivity contribution is -0.127. The van der Waals surface area contributed by atoms with Gasteiger partial charge in [-0.2, -0.15) is 0 Å². The number of imidazole rings is 1. The van der Waals surface area contributed by atoms with Gasteiger partial charge >= 0.3 is 0 Å². The third-order valence-electron chi connectivity index (χ3n) is 6.61. The first-order chi connectivity index (χ1) is 18.4. The van der Waals surface area contributed by atoms with Crippen LogP contribution in [0.25, 0.3) is 11.0 Å². The quantitative estimate of drug-likeness (QED) is 0.291. The molecule has 11 heteroatoms. The monoisotopic (exact) mass is 518 g/mol. The third kappa shape index (κ3) is 5.26. The molecule has 0 unspecified atom stereocenters. The van der Waals surface area contributed by atoms with Crippen molar-refractivity contribution >= 4 is 22.8 Å². The van der Waals surface area contributed by atoms with Crippen molar-refractivity contribution in [1.82, 2.24) is 29.7 Å². The van der Waals surface area contributed by atoms with Gasteiger partial charge in [0.25, 0.3) is 11.5 Å². The fourth-order valence-electron chi connectivity index (χ4n) is 4.68. The van der Waals surface area contributed by atoms with Crippen LogP contribution in [-0.4, -0.2) is 61.0 Å². The number of rotatable bonds is 9. The maximum Gasteiger partial charge on any atom is 0.268 e. The zero-order chi connectivity index (χ0) is 26.6. The second kappa shape index (κ2) is 10.8. The third-order valence-corrected chi connectivity index (χ3v) is 6.61. The van der Waals surface area contributed by atoms with E-state index in [9.17, 15) is 23.9 Å². The van der Waals surface area contributed by atoms with Crippen LogP contribution in [0, 0.1) is 5.82 Å². The average molecular weight is 519 g/mol. The van der Waals surface area contributed by atoms with E-state index in [-0.39, 0.29) is 30.3 Å². The van der Waals surface area contributed by atoms with Crippen molar-refractivity contribution in [3.63, 3.8) is 0 Å². The van der Waals surface area contributed by atoms with Crippen molar-refractivity contribution in [2.45, 2.75) is 32.2 Å². The number of carbonyl (C=O) groups is 2. The standard InChI is InChI=1S/C27H27FN6O4/c28-19-6-4-17(5-7-19)13-18-14-20-24(32-15-18)25(36)23(27(38)34(20)16-21-29-9-10-30-21)26(37)31-8-2-12-33-11-1-3-22(33)35/h4-7,9-10,14-15,36H,1-3,8,11-13,16H2,(H,29,30)(H,31,37). The van der Waals surface area contributed by atoms with Crippen LogP contribution in [0.15, 0.2) is 53.7 Å². The number of hydrogen-bond acceptors (Lipinski definition) is 6. The summed E-state index contributed by atoms with van der Waals surface area (Å²) in [6.07, 6.45) is 7.08. The van der Waals surface area contributed by atoms with Crippen molar-refractivity contribution < 1.29 is 19.1 Å². The fourth-order valence-corrected chi connectivity index (χ4v) is 4.68. The molecule has 4 heterocycles. The zero-order valence-corrected chi connectivity index (χ0v) is 20.6. The molecule has 2 amide bonds. The summed E-state index contributed by atoms with van der Waals surface area (Å²) in [5, 5.41) is 13.7. The molecule has 0 atom stereocenters. The number of amides is 2. The number of fused-ring (bicyclic) bond motifs is 1. The van der Waals surface area contributed by atoms with Crippen molar-refractivity contribution in [1.29, 1.82) is 0 Å². The number of aromatic hydroxyl groups is 1. The number of benzene rings is 1. The Morgan fingerprint density at radius 1 is 1.16 bits per heavy atom. The van der Waals surface area contributed by atoms with Gasteiger partial charge in [-0.1, -0.05) is 12.1 Å². The van der Waals surface area contributed by atoms with E-state index >= 15 is 0 Å². The van der Waals surface area contributed by atoms with E-state index < -0.39 is 22.8 Å². The molecule has 5 rings (SSSR count). The summed E-state index contributed by atoms with van der Waals surface area (Å²) in [6, 6.07) is 7.80. The highest BCUT2D eigenvalue weighted by atomic mass is 19.1. The summed E-state index contributed by atoms with van der Waals surface area (Å²) in [5.41, 5.74) is 0.951. The molecule has 10 nitrogen and oxygen atoms in total. The number of nitrogens with zero attached hydrogens (tertiary/aromatic N) is 4. The Morgan fingerprint density at radius 3 is 2.68 bits per heavy atom. The number of hydrogen-bond donors (Lipinski definition) is 3. The van der Waals surface area contributed by atoms with Crippen molar-refractivity contribution in [3.8, 4) is 5.75 Å². The largest absolute Gasteiger partial charge is 0.505 e. The first kappa shape index (κ1) is 25.1. The van der Waals surface area contributed by atoms with Gasteiger partial charge in [-0.3, -0.25) is 23.9 Å². The van der Waals surface area contributed by atoms with Crippen molar-refractivity contribution in [2.24, 2.45) is 0 Å². The van der Waals surface area contributed by atoms with Crippen LogP contribution in [0.3, 0.4) is 0 Å². The summed E-state index contributed by atoms with van der Waals surface area (Å²) >= 11 is 0. The van der Waals surface area contributed by atoms with Crippen LogP contribution in [0.4, 0.5) is 4.39 Å². The minimum absolute atomic E-state index is 0.0294. The summed E-state index contributed by atoms with van der Waals surface area (Å²) in [7, 11) is 0. The maximum absolute atomic E-state index is 13.5. The first-order valence-electron chi connectivity index (χ1n) is 12.4. The highest BCUT2D eigenvalue weighted by Crippen LogP contribution is 2.26. The van der Waals surface area contributed by atoms with Gasteiger partial charge < -0.3 is 20.3 Å². The average Bonchev–Trinajstić information content (AvgIpc) is 3.57. The summed E-state index contributed by atoms with van der Waals surface area (Å²) in [4.78, 5) is 51.6. The van der Waals surface area contributed by atoms with E-state index in [2.05, 4.69) is 20.3 Å². The maximum atomic E-state index is 13.5. The fraction of sp³-hybridized carbons (Fsp3) is 0.296. The molecule has 1 aromatic carbocycles. The molecule has 38 heavy (non-hydrogen) atoms. The SMILES string of the molecule is O=C(NCCCN1CCCC1=O)c1c(O)c2ncc(Cc3ccc(F)cc3)cc2n(Cc2ncc[nH]2)c1=O. The van der Waals surface area contributed by atoms with Crippen LogP contribution in [0.2, 0.25) is 0 Å². The highest BCUT2D eigenvalue weighted by molar-refractivity contribution is 6.01. The van der Waals surface area contributed by atoms with Gasteiger partial charge in [0, 0.05) is 44.6 Å². The van der Waals surface area contributed by atoms with E-state index in [0.29, 0.717) is 43.7 Å². The van der Waals surface area contributed by atoms with Gasteiger partial charge in [-0.05, 0) is 48.6 Å². The zero-order valence-electron chi connectivity index (χ0n) is 20.6. The highest BCUT2D eigenvalue weighted by Gasteiger charge is 2.24. The lowest BCUT2D eigenvalue weighted by atomic mass is 10.1. The van der Waals surface area contributed by atoms with Crippen molar-refractivity contribution in [3.05, 3.63) is 87.6 Å². The number of H-pyrrole nitrogens is 1. The molecule has 0 saturated carbocycles. The number of nitrogens with one attached hydrogen (secondary N) is 2. The predicted octanol–water partition coefficient (Wildman–Crippen LogP) is 2.35. The number of pyridine rings is 2. The van der Waals surface area contributed by atoms with E-state index in [4.69, 9.17) is 0 Å². The van der Waals surface area contributed by atoms with E-state index in [0.717, 1.165) is 17.5 Å². The van der Waals surface area contributed by atoms with Gasteiger partial charge in [-0.25, -0.2) is 9.37 Å². The first-order valence-corrected chi connectivity index (χ1v) is 12.4. The molecule has 1 fully saturated rings. The molecule has 1 aliphatic rings. The number of carbonyl (C=O) groups excluding carboxylic acids is 2. The van der Waals surface area contributed by atoms with Gasteiger partial charge in [0.1, 0.15) is 22.7 Å². The molecular formula is C27H27FN6O4. The summed E-state index contributed by atoms with van der Waals surface area (Å²) < 4.78 is 14.7. The second-order valence-electron chi connectivity index (χ2n) is 9.26. The van der Waals surface area contributed by atoms with Gasteiger partial charge in [-0.15, -0.1) is 0 Å². The van der Waals surface area contributed by atoms with E-state index in [1.54, 1.807) is 41.7 Å². The Bertz CT molecular complexity index is 1530. The summed E-state index contributed by atoms with van der Waals surface area (Å²) in [5.74, 6) is -0.953. The molecule has 3 N–H and O–H groups in total. The van der Waals surface area contributed by atoms with E-state index in [1.165, 1.54) is 16.7 Å². The Hall–Kier alpha value is -4.54. The Kier molecular flexibility index (Phi) is 7.16. The van der Waals surface area contributed by atoms with E-state index in [1.807, 2.05) is 0 Å². The smallest absolute Gasteiger partial charge is 0.268 e. The van der Waals surface area contributed by atoms with Crippen LogP contribution >= 0.6 is 0 Å². The van der Waals surface area contributed by atoms with Gasteiger partial charge in [0.05, 0.1) is 12.1 Å². The number of halogens is 1. The Balaban J connectivity index is 1.45. The molecule has 4 aromatic rings. The molecule has 196 valence electrons. The lowest BCUT2D eigenvalue weighted by Gasteiger charge is -2.16. The van der Waals surface area contributed by atoms with Crippen LogP contribution in [0.5, 0.6) is 5.75 Å². The number of aromatic amines is 1. The van der Waals surface area contributed by atoms with Crippen LogP contribution < -0.4 is 10.9 Å². The minimum atomic E-state index is -0.715. The molecular weight excluding hydrogens is 491 g/mol. The normalized spacial score (nSPS) is 13.4. The van der Waals surface area contributed by atoms with Crippen LogP contribution in [0.1, 0.15) is 46.6 Å². The number of likely N-dealkylation sites (tertiary alicyclic amines) is 1. The summed E-state index contributed by atoms with van der Waals surface area (Å²) in [6.45, 7) is 1.50. The van der Waals surface area contributed by atoms with Gasteiger partial charge in [0.15, 0.2) is 5.75 Å². The minimum Gasteiger partial charge on any atom is -0.505 e. The Labute approximate surface area is 217 Å². The molecule has 1 aliphatic heterocycles. The topological polar surface area (TPSA) is 133 Å². The molecule has 1 saturated heterocycles. The second-order valence-corrected chi connectivity index (χ2v) is 9.26. The van der Waals surface area contributed by atoms with Crippen LogP contribution in [-0.2, 0) is 17.8 Å². The number of aromatic nitrogens is 4. The lowest BCUT2D eigenvalue weighted by Crippen LogP contribution is -2.35. The predicted molar refractivity (Wildman–Crippen MR) is 137 cm³/mol. The molecule has 0 aliphatic carbocycles. The molecule has 0 spiro atoms. The molecule has 0 bridgehead atoms. The Morgan fingerprint density at radius 2 is 1.97 bits per heavy atom. The molecule has 3 aromatic heterocycles. The van der Waals surface area contributed by atoms with Gasteiger partial charge in [0.2, 0.25) is 5.91 Å². The van der Waals surface area contributed by atoms with Crippen molar-refractivity contribution in [2.75, 3.05) is 19.6 Å². The molecule has 0 radical (unpaired) electrons.